The summed E-state index contributed by atoms with van der Waals surface area (Å²) < 4.78 is 33.4. The molecule has 3 aromatic rings. The van der Waals surface area contributed by atoms with Gasteiger partial charge in [-0.1, -0.05) is 78.9 Å². The molecular weight excluding hydrogens is 723 g/mol. The third kappa shape index (κ3) is 15.4. The molecule has 1 aliphatic rings. The van der Waals surface area contributed by atoms with Gasteiger partial charge in [-0.05, 0) is 111 Å². The summed E-state index contributed by atoms with van der Waals surface area (Å²) in [7, 11) is -0.514. The average Bonchev–Trinajstić information content (AvgIpc) is 3.33. The Morgan fingerprint density at radius 2 is 0.965 bits per heavy atom. The number of carbonyl (C=O) groups is 4. The molecule has 310 valence electrons. The predicted octanol–water partition coefficient (Wildman–Crippen LogP) is 8.88. The van der Waals surface area contributed by atoms with E-state index in [1.165, 1.54) is 0 Å². The molecule has 57 heavy (non-hydrogen) atoms. The molecule has 1 aliphatic heterocycles. The van der Waals surface area contributed by atoms with E-state index in [2.05, 4.69) is 0 Å². The quantitative estimate of drug-likeness (QED) is 0.0890. The Hall–Kier alpha value is -4.48. The van der Waals surface area contributed by atoms with Crippen LogP contribution < -0.4 is 5.46 Å². The molecule has 3 aromatic carbocycles. The van der Waals surface area contributed by atoms with Crippen molar-refractivity contribution >= 4 is 36.5 Å². The lowest BCUT2D eigenvalue weighted by Crippen LogP contribution is -2.41. The maximum absolute atomic E-state index is 12.5. The summed E-state index contributed by atoms with van der Waals surface area (Å²) in [5, 5.41) is 0. The van der Waals surface area contributed by atoms with Crippen LogP contribution in [0.2, 0.25) is 0 Å². The molecule has 11 heteroatoms. The van der Waals surface area contributed by atoms with Crippen LogP contribution in [0.5, 0.6) is 0 Å². The van der Waals surface area contributed by atoms with E-state index in [-0.39, 0.29) is 61.4 Å². The molecule has 0 spiro atoms. The fourth-order valence-electron chi connectivity index (χ4n) is 6.17. The Bertz CT molecular complexity index is 1770. The largest absolute Gasteiger partial charge is 0.494 e. The van der Waals surface area contributed by atoms with Gasteiger partial charge in [0.1, 0.15) is 11.2 Å². The average molecular weight is 787 g/mol. The van der Waals surface area contributed by atoms with Crippen LogP contribution >= 0.6 is 0 Å². The second kappa shape index (κ2) is 20.3. The van der Waals surface area contributed by atoms with Gasteiger partial charge in [0.05, 0.1) is 50.1 Å². The highest BCUT2D eigenvalue weighted by Gasteiger charge is 2.51. The fraction of sp³-hybridized carbons (Fsp3) is 0.522. The number of hydrogen-bond donors (Lipinski definition) is 0. The number of ether oxygens (including phenoxy) is 4. The summed E-state index contributed by atoms with van der Waals surface area (Å²) in [6.45, 7) is 23.1. The number of carbonyl (C=O) groups excluding carboxylic acids is 4. The Morgan fingerprint density at radius 1 is 0.561 bits per heavy atom. The van der Waals surface area contributed by atoms with Crippen molar-refractivity contribution in [3.63, 3.8) is 0 Å². The van der Waals surface area contributed by atoms with Gasteiger partial charge in [-0.15, -0.1) is 0 Å². The van der Waals surface area contributed by atoms with Crippen molar-refractivity contribution in [2.45, 2.75) is 143 Å². The van der Waals surface area contributed by atoms with E-state index in [9.17, 15) is 19.2 Å². The van der Waals surface area contributed by atoms with Crippen LogP contribution in [0.3, 0.4) is 0 Å². The molecule has 1 fully saturated rings. The van der Waals surface area contributed by atoms with Crippen molar-refractivity contribution in [3.05, 3.63) is 90.0 Å². The zero-order chi connectivity index (χ0) is 42.6. The lowest BCUT2D eigenvalue weighted by Gasteiger charge is -2.32. The van der Waals surface area contributed by atoms with Crippen LogP contribution in [0.25, 0.3) is 11.1 Å². The summed E-state index contributed by atoms with van der Waals surface area (Å²) in [6, 6.07) is 25.6. The predicted molar refractivity (Wildman–Crippen MR) is 223 cm³/mol. The Balaban J connectivity index is 0.000000307. The van der Waals surface area contributed by atoms with Crippen molar-refractivity contribution in [2.24, 2.45) is 0 Å². The van der Waals surface area contributed by atoms with Gasteiger partial charge in [-0.2, -0.15) is 0 Å². The van der Waals surface area contributed by atoms with Crippen LogP contribution in [-0.4, -0.2) is 66.6 Å². The molecule has 0 aromatic heterocycles. The first-order chi connectivity index (χ1) is 26.5. The van der Waals surface area contributed by atoms with E-state index in [0.29, 0.717) is 13.2 Å². The molecule has 1 heterocycles. The first-order valence-corrected chi connectivity index (χ1v) is 19.9. The third-order valence-electron chi connectivity index (χ3n) is 9.48. The number of hydrogen-bond acceptors (Lipinski definition) is 10. The molecule has 1 saturated heterocycles. The summed E-state index contributed by atoms with van der Waals surface area (Å²) >= 11 is 0. The van der Waals surface area contributed by atoms with Crippen molar-refractivity contribution in [1.29, 1.82) is 0 Å². The molecular formula is C46H63BO10. The second-order valence-electron chi connectivity index (χ2n) is 17.2. The normalized spacial score (nSPS) is 15.7. The van der Waals surface area contributed by atoms with Crippen LogP contribution in [0, 0.1) is 0 Å². The van der Waals surface area contributed by atoms with Crippen molar-refractivity contribution in [1.82, 2.24) is 0 Å². The van der Waals surface area contributed by atoms with Gasteiger partial charge in [0, 0.05) is 11.8 Å². The standard InChI is InChI=1S/C23H35BO6.C23H28O4/c1-9-27-19(25)14-17(15-20(26)28-21(2,3)4)16-11-10-12-18(13-16)24-29-22(5,6)23(7,8)30-24;1-5-26-21(24)15-20(16-22(25)27-23(2,3)4)19-13-9-12-18(14-19)17-10-7-6-8-11-17/h10-13,17H,9,14-15H2,1-8H3;6-14,20H,5,15-16H2,1-4H3/t17-;20-/m11/s1. The minimum absolute atomic E-state index is 0.0862. The first kappa shape index (κ1) is 46.9. The maximum atomic E-state index is 12.5. The van der Waals surface area contributed by atoms with E-state index >= 15 is 0 Å². The summed E-state index contributed by atoms with van der Waals surface area (Å²) in [6.07, 6.45) is 0.461. The highest BCUT2D eigenvalue weighted by atomic mass is 16.7. The lowest BCUT2D eigenvalue weighted by atomic mass is 9.77. The molecule has 2 atom stereocenters. The third-order valence-corrected chi connectivity index (χ3v) is 9.48. The summed E-state index contributed by atoms with van der Waals surface area (Å²) in [4.78, 5) is 49.1. The van der Waals surface area contributed by atoms with E-state index in [1.54, 1.807) is 13.8 Å². The molecule has 0 saturated carbocycles. The van der Waals surface area contributed by atoms with Crippen LogP contribution in [0.15, 0.2) is 78.9 Å². The molecule has 4 rings (SSSR count). The molecule has 0 N–H and O–H groups in total. The fourth-order valence-corrected chi connectivity index (χ4v) is 6.17. The Labute approximate surface area is 340 Å². The molecule has 10 nitrogen and oxygen atoms in total. The smallest absolute Gasteiger partial charge is 0.466 e. The molecule has 0 unspecified atom stereocenters. The SMILES string of the molecule is CCOC(=O)C[C@H](CC(=O)OC(C)(C)C)c1cccc(-c2ccccc2)c1.CCOC(=O)C[C@H](CC(=O)OC(C)(C)C)c1cccc(B2OC(C)(C)C(C)(C)O2)c1. The van der Waals surface area contributed by atoms with E-state index in [4.69, 9.17) is 28.3 Å². The number of benzene rings is 3. The maximum Gasteiger partial charge on any atom is 0.494 e. The van der Waals surface area contributed by atoms with E-state index in [1.807, 2.05) is 148 Å². The van der Waals surface area contributed by atoms with Gasteiger partial charge < -0.3 is 28.3 Å². The summed E-state index contributed by atoms with van der Waals surface area (Å²) in [5.74, 6) is -1.97. The van der Waals surface area contributed by atoms with Crippen molar-refractivity contribution < 1.29 is 47.4 Å². The molecule has 0 amide bonds. The zero-order valence-electron chi connectivity index (χ0n) is 36.1. The van der Waals surface area contributed by atoms with Gasteiger partial charge in [-0.25, -0.2) is 0 Å². The molecule has 0 bridgehead atoms. The monoisotopic (exact) mass is 786 g/mol. The van der Waals surface area contributed by atoms with E-state index in [0.717, 1.165) is 27.7 Å². The topological polar surface area (TPSA) is 124 Å². The minimum atomic E-state index is -0.587. The zero-order valence-corrected chi connectivity index (χ0v) is 36.1. The van der Waals surface area contributed by atoms with Gasteiger partial charge in [0.25, 0.3) is 0 Å². The van der Waals surface area contributed by atoms with Crippen LogP contribution in [-0.2, 0) is 47.4 Å². The van der Waals surface area contributed by atoms with Gasteiger partial charge >= 0.3 is 31.0 Å². The number of esters is 4. The second-order valence-corrected chi connectivity index (χ2v) is 17.2. The molecule has 0 aliphatic carbocycles. The van der Waals surface area contributed by atoms with E-state index < -0.39 is 29.5 Å². The van der Waals surface area contributed by atoms with Crippen molar-refractivity contribution in [2.75, 3.05) is 13.2 Å². The number of rotatable bonds is 14. The molecule has 0 radical (unpaired) electrons. The van der Waals surface area contributed by atoms with Crippen LogP contribution in [0.4, 0.5) is 0 Å². The Morgan fingerprint density at radius 3 is 1.40 bits per heavy atom. The highest BCUT2D eigenvalue weighted by Crippen LogP contribution is 2.37. The van der Waals surface area contributed by atoms with Crippen LogP contribution in [0.1, 0.15) is 132 Å². The first-order valence-electron chi connectivity index (χ1n) is 19.9. The van der Waals surface area contributed by atoms with Crippen molar-refractivity contribution in [3.8, 4) is 11.1 Å². The Kier molecular flexibility index (Phi) is 16.7. The lowest BCUT2D eigenvalue weighted by molar-refractivity contribution is -0.157. The minimum Gasteiger partial charge on any atom is -0.466 e. The van der Waals surface area contributed by atoms with Gasteiger partial charge in [-0.3, -0.25) is 19.2 Å². The summed E-state index contributed by atoms with van der Waals surface area (Å²) in [5.41, 5.74) is 2.72. The highest BCUT2D eigenvalue weighted by molar-refractivity contribution is 6.62. The van der Waals surface area contributed by atoms with Gasteiger partial charge in [0.15, 0.2) is 0 Å². The van der Waals surface area contributed by atoms with Gasteiger partial charge in [0.2, 0.25) is 0 Å².